The Hall–Kier alpha value is -1.13. The molecule has 14 heavy (non-hydrogen) atoms. The lowest BCUT2D eigenvalue weighted by Crippen LogP contribution is -2.00. The molecule has 0 aromatic carbocycles. The second kappa shape index (κ2) is 3.94. The topological polar surface area (TPSA) is 67.6 Å². The minimum Gasteiger partial charge on any atom is -0.346 e. The summed E-state index contributed by atoms with van der Waals surface area (Å²) in [5.74, 6) is 0. The van der Waals surface area contributed by atoms with Gasteiger partial charge in [0.25, 0.3) is 0 Å². The van der Waals surface area contributed by atoms with Crippen molar-refractivity contribution in [2.24, 2.45) is 5.73 Å². The first-order chi connectivity index (χ1) is 6.83. The van der Waals surface area contributed by atoms with Gasteiger partial charge in [0.05, 0.1) is 5.39 Å². The van der Waals surface area contributed by atoms with Gasteiger partial charge < -0.3 is 10.7 Å². The normalized spacial score (nSPS) is 11.0. The number of aryl methyl sites for hydroxylation is 1. The van der Waals surface area contributed by atoms with Crippen LogP contribution in [0.15, 0.2) is 12.5 Å². The number of halogens is 1. The van der Waals surface area contributed by atoms with E-state index in [0.29, 0.717) is 11.7 Å². The fourth-order valence-corrected chi connectivity index (χ4v) is 1.73. The Morgan fingerprint density at radius 3 is 3.07 bits per heavy atom. The van der Waals surface area contributed by atoms with Crippen molar-refractivity contribution in [2.75, 3.05) is 6.54 Å². The van der Waals surface area contributed by atoms with Crippen molar-refractivity contribution < 1.29 is 0 Å². The first-order valence-corrected chi connectivity index (χ1v) is 4.87. The van der Waals surface area contributed by atoms with Crippen molar-refractivity contribution in [3.05, 3.63) is 23.2 Å². The highest BCUT2D eigenvalue weighted by Crippen LogP contribution is 2.23. The Balaban J connectivity index is 2.45. The maximum Gasteiger partial charge on any atom is 0.142 e. The molecule has 0 spiro atoms. The summed E-state index contributed by atoms with van der Waals surface area (Å²) in [6.07, 6.45) is 5.22. The molecule has 0 fully saturated rings. The summed E-state index contributed by atoms with van der Waals surface area (Å²) >= 11 is 5.98. The van der Waals surface area contributed by atoms with Crippen LogP contribution < -0.4 is 5.73 Å². The molecule has 0 aliphatic heterocycles. The zero-order valence-electron chi connectivity index (χ0n) is 7.63. The molecule has 74 valence electrons. The number of hydrogen-bond acceptors (Lipinski definition) is 3. The molecule has 2 heterocycles. The van der Waals surface area contributed by atoms with Gasteiger partial charge in [0.1, 0.15) is 17.1 Å². The molecule has 0 bridgehead atoms. The molecule has 0 unspecified atom stereocenters. The van der Waals surface area contributed by atoms with Gasteiger partial charge in [0, 0.05) is 6.20 Å². The Labute approximate surface area is 86.5 Å². The molecule has 3 N–H and O–H groups in total. The predicted molar refractivity (Wildman–Crippen MR) is 56.3 cm³/mol. The number of nitrogens with zero attached hydrogens (tertiary/aromatic N) is 2. The molecule has 0 atom stereocenters. The van der Waals surface area contributed by atoms with E-state index in [2.05, 4.69) is 15.0 Å². The summed E-state index contributed by atoms with van der Waals surface area (Å²) in [6.45, 7) is 0.679. The summed E-state index contributed by atoms with van der Waals surface area (Å²) in [6, 6.07) is 0. The van der Waals surface area contributed by atoms with Crippen LogP contribution in [0.2, 0.25) is 5.15 Å². The fraction of sp³-hybridized carbons (Fsp3) is 0.333. The molecule has 0 aliphatic rings. The van der Waals surface area contributed by atoms with Crippen LogP contribution in [0.3, 0.4) is 0 Å². The highest BCUT2D eigenvalue weighted by molar-refractivity contribution is 6.34. The lowest BCUT2D eigenvalue weighted by Gasteiger charge is -1.97. The summed E-state index contributed by atoms with van der Waals surface area (Å²) < 4.78 is 0. The standard InChI is InChI=1S/C9H11ClN4/c10-8-7-6(2-1-3-11)4-12-9(7)14-5-13-8/h4-5H,1-3,11H2,(H,12,13,14). The molecule has 2 aromatic rings. The van der Waals surface area contributed by atoms with Gasteiger partial charge in [-0.1, -0.05) is 11.6 Å². The van der Waals surface area contributed by atoms with Gasteiger partial charge in [0.15, 0.2) is 0 Å². The van der Waals surface area contributed by atoms with Crippen LogP contribution in [0.5, 0.6) is 0 Å². The monoisotopic (exact) mass is 210 g/mol. The average Bonchev–Trinajstić information content (AvgIpc) is 2.59. The molecular weight excluding hydrogens is 200 g/mol. The molecule has 0 radical (unpaired) electrons. The SMILES string of the molecule is NCCCc1c[nH]c2ncnc(Cl)c12. The highest BCUT2D eigenvalue weighted by Gasteiger charge is 2.08. The highest BCUT2D eigenvalue weighted by atomic mass is 35.5. The van der Waals surface area contributed by atoms with E-state index in [1.54, 1.807) is 0 Å². The van der Waals surface area contributed by atoms with Crippen molar-refractivity contribution >= 4 is 22.6 Å². The molecule has 5 heteroatoms. The number of nitrogens with one attached hydrogen (secondary N) is 1. The van der Waals surface area contributed by atoms with E-state index >= 15 is 0 Å². The Bertz CT molecular complexity index is 437. The van der Waals surface area contributed by atoms with Gasteiger partial charge in [-0.25, -0.2) is 9.97 Å². The van der Waals surface area contributed by atoms with Gasteiger partial charge >= 0.3 is 0 Å². The van der Waals surface area contributed by atoms with E-state index in [1.807, 2.05) is 6.20 Å². The molecule has 0 aliphatic carbocycles. The van der Waals surface area contributed by atoms with Crippen LogP contribution >= 0.6 is 11.6 Å². The van der Waals surface area contributed by atoms with E-state index in [0.717, 1.165) is 29.4 Å². The number of aromatic amines is 1. The first kappa shape index (κ1) is 9.43. The molecule has 0 saturated heterocycles. The number of nitrogens with two attached hydrogens (primary N) is 1. The van der Waals surface area contributed by atoms with Crippen molar-refractivity contribution in [1.82, 2.24) is 15.0 Å². The van der Waals surface area contributed by atoms with Gasteiger partial charge in [-0.15, -0.1) is 0 Å². The fourth-order valence-electron chi connectivity index (χ4n) is 1.48. The summed E-state index contributed by atoms with van der Waals surface area (Å²) in [5, 5.41) is 1.42. The van der Waals surface area contributed by atoms with Gasteiger partial charge in [-0.05, 0) is 24.9 Å². The summed E-state index contributed by atoms with van der Waals surface area (Å²) in [5.41, 5.74) is 7.38. The van der Waals surface area contributed by atoms with E-state index in [1.165, 1.54) is 6.33 Å². The van der Waals surface area contributed by atoms with Crippen LogP contribution in [-0.4, -0.2) is 21.5 Å². The van der Waals surface area contributed by atoms with Crippen molar-refractivity contribution in [2.45, 2.75) is 12.8 Å². The lowest BCUT2D eigenvalue weighted by atomic mass is 10.1. The Morgan fingerprint density at radius 1 is 1.43 bits per heavy atom. The van der Waals surface area contributed by atoms with Crippen molar-refractivity contribution in [3.63, 3.8) is 0 Å². The molecule has 2 aromatic heterocycles. The number of hydrogen-bond donors (Lipinski definition) is 2. The number of H-pyrrole nitrogens is 1. The quantitative estimate of drug-likeness (QED) is 0.755. The van der Waals surface area contributed by atoms with Gasteiger partial charge in [-0.3, -0.25) is 0 Å². The molecule has 0 saturated carbocycles. The summed E-state index contributed by atoms with van der Waals surface area (Å²) in [7, 11) is 0. The van der Waals surface area contributed by atoms with Crippen LogP contribution in [-0.2, 0) is 6.42 Å². The smallest absolute Gasteiger partial charge is 0.142 e. The number of aromatic nitrogens is 3. The maximum absolute atomic E-state index is 5.98. The van der Waals surface area contributed by atoms with Crippen LogP contribution in [0.25, 0.3) is 11.0 Å². The minimum absolute atomic E-state index is 0.503. The van der Waals surface area contributed by atoms with Crippen LogP contribution in [0, 0.1) is 0 Å². The third kappa shape index (κ3) is 1.58. The largest absolute Gasteiger partial charge is 0.346 e. The third-order valence-electron chi connectivity index (χ3n) is 2.16. The van der Waals surface area contributed by atoms with Gasteiger partial charge in [-0.2, -0.15) is 0 Å². The van der Waals surface area contributed by atoms with E-state index in [4.69, 9.17) is 17.3 Å². The Kier molecular flexibility index (Phi) is 2.65. The number of rotatable bonds is 3. The molecule has 0 amide bonds. The van der Waals surface area contributed by atoms with Crippen molar-refractivity contribution in [1.29, 1.82) is 0 Å². The van der Waals surface area contributed by atoms with E-state index in [9.17, 15) is 0 Å². The molecule has 4 nitrogen and oxygen atoms in total. The van der Waals surface area contributed by atoms with Gasteiger partial charge in [0.2, 0.25) is 0 Å². The first-order valence-electron chi connectivity index (χ1n) is 4.49. The Morgan fingerprint density at radius 2 is 2.29 bits per heavy atom. The summed E-state index contributed by atoms with van der Waals surface area (Å²) in [4.78, 5) is 11.1. The third-order valence-corrected chi connectivity index (χ3v) is 2.44. The lowest BCUT2D eigenvalue weighted by molar-refractivity contribution is 0.836. The predicted octanol–water partition coefficient (Wildman–Crippen LogP) is 1.50. The van der Waals surface area contributed by atoms with Crippen LogP contribution in [0.4, 0.5) is 0 Å². The molecule has 2 rings (SSSR count). The number of fused-ring (bicyclic) bond motifs is 1. The second-order valence-electron chi connectivity index (χ2n) is 3.09. The second-order valence-corrected chi connectivity index (χ2v) is 3.45. The minimum atomic E-state index is 0.503. The van der Waals surface area contributed by atoms with E-state index < -0.39 is 0 Å². The van der Waals surface area contributed by atoms with Crippen molar-refractivity contribution in [3.8, 4) is 0 Å². The zero-order valence-corrected chi connectivity index (χ0v) is 8.38. The zero-order chi connectivity index (χ0) is 9.97. The van der Waals surface area contributed by atoms with Crippen LogP contribution in [0.1, 0.15) is 12.0 Å². The molecular formula is C9H11ClN4. The average molecular weight is 211 g/mol. The maximum atomic E-state index is 5.98. The van der Waals surface area contributed by atoms with E-state index in [-0.39, 0.29) is 0 Å².